The van der Waals surface area contributed by atoms with Crippen LogP contribution in [0.15, 0.2) is 47.7 Å². The first kappa shape index (κ1) is 11.8. The van der Waals surface area contributed by atoms with Crippen LogP contribution in [0.2, 0.25) is 0 Å². The van der Waals surface area contributed by atoms with E-state index in [4.69, 9.17) is 5.73 Å². The van der Waals surface area contributed by atoms with Crippen LogP contribution >= 0.6 is 0 Å². The Balaban J connectivity index is 1.70. The number of nitrogens with one attached hydrogen (secondary N) is 1. The minimum Gasteiger partial charge on any atom is -0.370 e. The van der Waals surface area contributed by atoms with E-state index in [0.717, 1.165) is 12.1 Å². The van der Waals surface area contributed by atoms with Crippen LogP contribution in [0.5, 0.6) is 0 Å². The molecule has 1 aromatic heterocycles. The van der Waals surface area contributed by atoms with Crippen molar-refractivity contribution < 1.29 is 0 Å². The highest BCUT2D eigenvalue weighted by molar-refractivity contribution is 5.78. The van der Waals surface area contributed by atoms with Crippen molar-refractivity contribution in [3.8, 4) is 5.69 Å². The zero-order chi connectivity index (χ0) is 13.2. The molecular formula is C14H17N5. The molecular weight excluding hydrogens is 238 g/mol. The summed E-state index contributed by atoms with van der Waals surface area (Å²) in [5, 5.41) is 7.60. The summed E-state index contributed by atoms with van der Waals surface area (Å²) in [7, 11) is 1.69. The quantitative estimate of drug-likeness (QED) is 0.641. The molecule has 1 aliphatic carbocycles. The van der Waals surface area contributed by atoms with Crippen molar-refractivity contribution in [3.63, 3.8) is 0 Å². The second-order valence-electron chi connectivity index (χ2n) is 4.76. The molecule has 0 radical (unpaired) electrons. The average Bonchev–Trinajstić information content (AvgIpc) is 3.03. The maximum absolute atomic E-state index is 5.67. The Morgan fingerprint density at radius 3 is 2.95 bits per heavy atom. The molecule has 3 N–H and O–H groups in total. The van der Waals surface area contributed by atoms with E-state index in [1.54, 1.807) is 7.05 Å². The van der Waals surface area contributed by atoms with Gasteiger partial charge in [-0.3, -0.25) is 4.99 Å². The number of nitrogens with two attached hydrogens (primary N) is 1. The lowest BCUT2D eigenvalue weighted by atomic mass is 10.2. The fourth-order valence-electron chi connectivity index (χ4n) is 2.23. The second-order valence-corrected chi connectivity index (χ2v) is 4.76. The van der Waals surface area contributed by atoms with Gasteiger partial charge in [-0.05, 0) is 24.1 Å². The van der Waals surface area contributed by atoms with Gasteiger partial charge in [0.2, 0.25) is 0 Å². The van der Waals surface area contributed by atoms with E-state index in [1.165, 1.54) is 5.56 Å². The number of guanidine groups is 1. The maximum atomic E-state index is 5.67. The topological polar surface area (TPSA) is 68.2 Å². The molecule has 1 aromatic carbocycles. The SMILES string of the molecule is CN=C(N)N[C@@H]1C[C@H]1c1cnn(-c2ccccc2)c1. The van der Waals surface area contributed by atoms with Crippen molar-refractivity contribution in [1.82, 2.24) is 15.1 Å². The summed E-state index contributed by atoms with van der Waals surface area (Å²) in [6.45, 7) is 0. The van der Waals surface area contributed by atoms with Gasteiger partial charge in [0.25, 0.3) is 0 Å². The Hall–Kier alpha value is -2.30. The minimum atomic E-state index is 0.386. The Bertz CT molecular complexity index is 587. The number of rotatable bonds is 3. The van der Waals surface area contributed by atoms with Crippen molar-refractivity contribution in [1.29, 1.82) is 0 Å². The fraction of sp³-hybridized carbons (Fsp3) is 0.286. The van der Waals surface area contributed by atoms with Crippen LogP contribution in [-0.4, -0.2) is 28.8 Å². The van der Waals surface area contributed by atoms with Gasteiger partial charge in [0.05, 0.1) is 11.9 Å². The van der Waals surface area contributed by atoms with E-state index in [-0.39, 0.29) is 0 Å². The highest BCUT2D eigenvalue weighted by atomic mass is 15.3. The summed E-state index contributed by atoms with van der Waals surface area (Å²) >= 11 is 0. The molecule has 0 bridgehead atoms. The van der Waals surface area contributed by atoms with Crippen LogP contribution < -0.4 is 11.1 Å². The standard InChI is InChI=1S/C14H17N5/c1-16-14(15)18-13-7-12(13)10-8-17-19(9-10)11-5-3-2-4-6-11/h2-6,8-9,12-13H,7H2,1H3,(H3,15,16,18)/t12-,13+/m0/s1. The van der Waals surface area contributed by atoms with Crippen molar-refractivity contribution in [2.75, 3.05) is 7.05 Å². The van der Waals surface area contributed by atoms with E-state index < -0.39 is 0 Å². The predicted octanol–water partition coefficient (Wildman–Crippen LogP) is 1.26. The number of para-hydroxylation sites is 1. The molecule has 0 amide bonds. The third-order valence-electron chi connectivity index (χ3n) is 3.42. The lowest BCUT2D eigenvalue weighted by Crippen LogP contribution is -2.33. The molecule has 0 saturated heterocycles. The number of aliphatic imine (C=N–C) groups is 1. The summed E-state index contributed by atoms with van der Waals surface area (Å²) < 4.78 is 1.90. The normalized spacial score (nSPS) is 22.3. The van der Waals surface area contributed by atoms with Crippen molar-refractivity contribution in [2.24, 2.45) is 10.7 Å². The van der Waals surface area contributed by atoms with Gasteiger partial charge in [-0.25, -0.2) is 4.68 Å². The first-order valence-corrected chi connectivity index (χ1v) is 6.36. The first-order chi connectivity index (χ1) is 9.28. The number of hydrogen-bond donors (Lipinski definition) is 2. The predicted molar refractivity (Wildman–Crippen MR) is 75.4 cm³/mol. The van der Waals surface area contributed by atoms with Crippen LogP contribution in [0.4, 0.5) is 0 Å². The number of nitrogens with zero attached hydrogens (tertiary/aromatic N) is 3. The molecule has 3 rings (SSSR count). The molecule has 1 heterocycles. The molecule has 2 atom stereocenters. The van der Waals surface area contributed by atoms with Gasteiger partial charge < -0.3 is 11.1 Å². The van der Waals surface area contributed by atoms with Gasteiger partial charge in [-0.2, -0.15) is 5.10 Å². The summed E-state index contributed by atoms with van der Waals surface area (Å²) in [4.78, 5) is 3.91. The van der Waals surface area contributed by atoms with Gasteiger partial charge in [0.15, 0.2) is 5.96 Å². The molecule has 5 nitrogen and oxygen atoms in total. The van der Waals surface area contributed by atoms with E-state index in [2.05, 4.69) is 21.6 Å². The summed E-state index contributed by atoms with van der Waals surface area (Å²) in [6.07, 6.45) is 5.09. The zero-order valence-electron chi connectivity index (χ0n) is 10.8. The molecule has 0 spiro atoms. The third kappa shape index (κ3) is 2.45. The van der Waals surface area contributed by atoms with Crippen LogP contribution in [0.1, 0.15) is 17.9 Å². The zero-order valence-corrected chi connectivity index (χ0v) is 10.8. The van der Waals surface area contributed by atoms with Crippen LogP contribution in [-0.2, 0) is 0 Å². The van der Waals surface area contributed by atoms with E-state index in [9.17, 15) is 0 Å². The van der Waals surface area contributed by atoms with E-state index in [1.807, 2.05) is 41.2 Å². The number of aromatic nitrogens is 2. The molecule has 5 heteroatoms. The monoisotopic (exact) mass is 255 g/mol. The van der Waals surface area contributed by atoms with Gasteiger partial charge in [-0.15, -0.1) is 0 Å². The Labute approximate surface area is 112 Å². The smallest absolute Gasteiger partial charge is 0.188 e. The average molecular weight is 255 g/mol. The Morgan fingerprint density at radius 2 is 2.21 bits per heavy atom. The Morgan fingerprint density at radius 1 is 1.42 bits per heavy atom. The lowest BCUT2D eigenvalue weighted by molar-refractivity contribution is 0.855. The van der Waals surface area contributed by atoms with Crippen LogP contribution in [0, 0.1) is 0 Å². The molecule has 1 saturated carbocycles. The molecule has 98 valence electrons. The molecule has 0 aliphatic heterocycles. The molecule has 2 aromatic rings. The summed E-state index contributed by atoms with van der Waals surface area (Å²) in [6, 6.07) is 10.5. The molecule has 0 unspecified atom stereocenters. The highest BCUT2D eigenvalue weighted by Crippen LogP contribution is 2.40. The van der Waals surface area contributed by atoms with Gasteiger partial charge >= 0.3 is 0 Å². The fourth-order valence-corrected chi connectivity index (χ4v) is 2.23. The molecule has 19 heavy (non-hydrogen) atoms. The van der Waals surface area contributed by atoms with Gasteiger partial charge in [0.1, 0.15) is 0 Å². The van der Waals surface area contributed by atoms with Crippen molar-refractivity contribution in [3.05, 3.63) is 48.3 Å². The molecule has 1 aliphatic rings. The lowest BCUT2D eigenvalue weighted by Gasteiger charge is -2.02. The van der Waals surface area contributed by atoms with Gasteiger partial charge in [-0.1, -0.05) is 18.2 Å². The van der Waals surface area contributed by atoms with Crippen LogP contribution in [0.25, 0.3) is 5.69 Å². The molecule has 1 fully saturated rings. The van der Waals surface area contributed by atoms with Gasteiger partial charge in [0, 0.05) is 25.2 Å². The van der Waals surface area contributed by atoms with E-state index in [0.29, 0.717) is 17.9 Å². The summed E-state index contributed by atoms with van der Waals surface area (Å²) in [5.41, 5.74) is 7.99. The maximum Gasteiger partial charge on any atom is 0.188 e. The second kappa shape index (κ2) is 4.76. The first-order valence-electron chi connectivity index (χ1n) is 6.36. The van der Waals surface area contributed by atoms with Crippen molar-refractivity contribution in [2.45, 2.75) is 18.4 Å². The number of hydrogen-bond acceptors (Lipinski definition) is 2. The van der Waals surface area contributed by atoms with Crippen molar-refractivity contribution >= 4 is 5.96 Å². The summed E-state index contributed by atoms with van der Waals surface area (Å²) in [5.74, 6) is 0.987. The van der Waals surface area contributed by atoms with Crippen LogP contribution in [0.3, 0.4) is 0 Å². The third-order valence-corrected chi connectivity index (χ3v) is 3.42. The number of benzene rings is 1. The minimum absolute atomic E-state index is 0.386. The Kier molecular flexibility index (Phi) is 2.95. The van der Waals surface area contributed by atoms with E-state index >= 15 is 0 Å². The highest BCUT2D eigenvalue weighted by Gasteiger charge is 2.39. The largest absolute Gasteiger partial charge is 0.370 e.